The van der Waals surface area contributed by atoms with Gasteiger partial charge in [-0.15, -0.1) is 0 Å². The van der Waals surface area contributed by atoms with Crippen LogP contribution in [-0.4, -0.2) is 25.2 Å². The van der Waals surface area contributed by atoms with Crippen LogP contribution in [-0.2, 0) is 4.79 Å². The first-order chi connectivity index (χ1) is 11.7. The molecule has 6 heteroatoms. The highest BCUT2D eigenvalue weighted by molar-refractivity contribution is 5.97. The Kier molecular flexibility index (Phi) is 4.52. The van der Waals surface area contributed by atoms with E-state index < -0.39 is 6.04 Å². The Morgan fingerprint density at radius 1 is 1.17 bits per heavy atom. The number of hydrogen-bond acceptors (Lipinski definition) is 5. The number of rotatable bonds is 4. The first kappa shape index (κ1) is 15.7. The van der Waals surface area contributed by atoms with Crippen molar-refractivity contribution in [3.8, 4) is 17.6 Å². The summed E-state index contributed by atoms with van der Waals surface area (Å²) in [6.45, 7) is 2.80. The SMILES string of the molecule is C[C@H](Nc1ccc2c(c1)OCCO2)C(=O)Nc1ccccc1C#N. The second-order valence-corrected chi connectivity index (χ2v) is 5.37. The molecule has 0 radical (unpaired) electrons. The van der Waals surface area contributed by atoms with Crippen molar-refractivity contribution >= 4 is 17.3 Å². The van der Waals surface area contributed by atoms with Crippen LogP contribution in [0.2, 0.25) is 0 Å². The van der Waals surface area contributed by atoms with Gasteiger partial charge in [0.15, 0.2) is 11.5 Å². The Bertz CT molecular complexity index is 798. The molecule has 3 rings (SSSR count). The molecule has 122 valence electrons. The normalized spacial score (nSPS) is 13.5. The first-order valence-electron chi connectivity index (χ1n) is 7.63. The maximum atomic E-state index is 12.3. The van der Waals surface area contributed by atoms with Crippen LogP contribution in [0.4, 0.5) is 11.4 Å². The smallest absolute Gasteiger partial charge is 0.246 e. The summed E-state index contributed by atoms with van der Waals surface area (Å²) in [4.78, 5) is 12.3. The minimum Gasteiger partial charge on any atom is -0.486 e. The number of ether oxygens (including phenoxy) is 2. The molecule has 1 atom stereocenters. The zero-order chi connectivity index (χ0) is 16.9. The van der Waals surface area contributed by atoms with Crippen LogP contribution in [0.25, 0.3) is 0 Å². The average molecular weight is 323 g/mol. The molecule has 0 bridgehead atoms. The van der Waals surface area contributed by atoms with Crippen molar-refractivity contribution in [3.05, 3.63) is 48.0 Å². The van der Waals surface area contributed by atoms with Crippen molar-refractivity contribution < 1.29 is 14.3 Å². The molecule has 2 N–H and O–H groups in total. The Morgan fingerprint density at radius 2 is 1.92 bits per heavy atom. The Morgan fingerprint density at radius 3 is 2.71 bits per heavy atom. The van der Waals surface area contributed by atoms with Gasteiger partial charge in [0.2, 0.25) is 5.91 Å². The molecule has 1 heterocycles. The van der Waals surface area contributed by atoms with Gasteiger partial charge in [0.25, 0.3) is 0 Å². The highest BCUT2D eigenvalue weighted by Crippen LogP contribution is 2.32. The first-order valence-corrected chi connectivity index (χ1v) is 7.63. The van der Waals surface area contributed by atoms with Gasteiger partial charge in [-0.3, -0.25) is 4.79 Å². The third kappa shape index (κ3) is 3.41. The highest BCUT2D eigenvalue weighted by Gasteiger charge is 2.16. The summed E-state index contributed by atoms with van der Waals surface area (Å²) in [6, 6.07) is 13.9. The van der Waals surface area contributed by atoms with Crippen LogP contribution in [0, 0.1) is 11.3 Å². The summed E-state index contributed by atoms with van der Waals surface area (Å²) in [6.07, 6.45) is 0. The van der Waals surface area contributed by atoms with Crippen molar-refractivity contribution in [1.82, 2.24) is 0 Å². The molecular formula is C18H17N3O3. The number of benzene rings is 2. The number of hydrogen-bond donors (Lipinski definition) is 2. The third-order valence-electron chi connectivity index (χ3n) is 3.62. The number of carbonyl (C=O) groups is 1. The molecule has 2 aromatic rings. The second-order valence-electron chi connectivity index (χ2n) is 5.37. The molecule has 1 aliphatic rings. The molecule has 1 aliphatic heterocycles. The molecule has 0 aliphatic carbocycles. The molecule has 0 spiro atoms. The van der Waals surface area contributed by atoms with Crippen LogP contribution in [0.3, 0.4) is 0 Å². The quantitative estimate of drug-likeness (QED) is 0.904. The Labute approximate surface area is 140 Å². The number of nitriles is 1. The summed E-state index contributed by atoms with van der Waals surface area (Å²) in [5.74, 6) is 1.13. The summed E-state index contributed by atoms with van der Waals surface area (Å²) in [5, 5.41) is 15.0. The number of carbonyl (C=O) groups excluding carboxylic acids is 1. The fourth-order valence-electron chi connectivity index (χ4n) is 2.38. The number of nitrogens with zero attached hydrogens (tertiary/aromatic N) is 1. The standard InChI is InChI=1S/C18H17N3O3/c1-12(18(22)21-15-5-3-2-4-13(15)11-19)20-14-6-7-16-17(10-14)24-9-8-23-16/h2-7,10,12,20H,8-9H2,1H3,(H,21,22)/t12-/m0/s1. The fourth-order valence-corrected chi connectivity index (χ4v) is 2.38. The van der Waals surface area contributed by atoms with Gasteiger partial charge in [0.05, 0.1) is 11.3 Å². The van der Waals surface area contributed by atoms with Gasteiger partial charge in [0.1, 0.15) is 25.3 Å². The van der Waals surface area contributed by atoms with E-state index in [1.54, 1.807) is 31.2 Å². The van der Waals surface area contributed by atoms with Gasteiger partial charge in [-0.2, -0.15) is 5.26 Å². The molecule has 6 nitrogen and oxygen atoms in total. The van der Waals surface area contributed by atoms with Gasteiger partial charge >= 0.3 is 0 Å². The average Bonchev–Trinajstić information content (AvgIpc) is 2.62. The van der Waals surface area contributed by atoms with E-state index in [1.807, 2.05) is 18.2 Å². The van der Waals surface area contributed by atoms with E-state index in [4.69, 9.17) is 14.7 Å². The van der Waals surface area contributed by atoms with Crippen LogP contribution in [0.1, 0.15) is 12.5 Å². The Hall–Kier alpha value is -3.20. The third-order valence-corrected chi connectivity index (χ3v) is 3.62. The predicted octanol–water partition coefficient (Wildman–Crippen LogP) is 2.77. The lowest BCUT2D eigenvalue weighted by Crippen LogP contribution is -2.32. The number of amides is 1. The summed E-state index contributed by atoms with van der Waals surface area (Å²) < 4.78 is 11.0. The highest BCUT2D eigenvalue weighted by atomic mass is 16.6. The van der Waals surface area contributed by atoms with Crippen molar-refractivity contribution in [2.75, 3.05) is 23.8 Å². The lowest BCUT2D eigenvalue weighted by atomic mass is 10.2. The summed E-state index contributed by atoms with van der Waals surface area (Å²) >= 11 is 0. The molecule has 0 aromatic heterocycles. The minimum atomic E-state index is -0.487. The van der Waals surface area contributed by atoms with E-state index in [2.05, 4.69) is 16.7 Å². The monoisotopic (exact) mass is 323 g/mol. The van der Waals surface area contributed by atoms with Crippen LogP contribution in [0.5, 0.6) is 11.5 Å². The van der Waals surface area contributed by atoms with E-state index in [-0.39, 0.29) is 5.91 Å². The number of para-hydroxylation sites is 1. The van der Waals surface area contributed by atoms with Crippen molar-refractivity contribution in [3.63, 3.8) is 0 Å². The molecule has 0 fully saturated rings. The van der Waals surface area contributed by atoms with E-state index in [9.17, 15) is 4.79 Å². The van der Waals surface area contributed by atoms with E-state index >= 15 is 0 Å². The van der Waals surface area contributed by atoms with Crippen molar-refractivity contribution in [2.24, 2.45) is 0 Å². The molecule has 2 aromatic carbocycles. The summed E-state index contributed by atoms with van der Waals surface area (Å²) in [5.41, 5.74) is 1.69. The number of nitrogens with one attached hydrogen (secondary N) is 2. The largest absolute Gasteiger partial charge is 0.486 e. The van der Waals surface area contributed by atoms with Gasteiger partial charge < -0.3 is 20.1 Å². The number of fused-ring (bicyclic) bond motifs is 1. The molecule has 24 heavy (non-hydrogen) atoms. The fraction of sp³-hybridized carbons (Fsp3) is 0.222. The van der Waals surface area contributed by atoms with Crippen molar-refractivity contribution in [1.29, 1.82) is 5.26 Å². The van der Waals surface area contributed by atoms with Crippen LogP contribution < -0.4 is 20.1 Å². The molecular weight excluding hydrogens is 306 g/mol. The second kappa shape index (κ2) is 6.92. The lowest BCUT2D eigenvalue weighted by molar-refractivity contribution is -0.116. The zero-order valence-electron chi connectivity index (χ0n) is 13.2. The van der Waals surface area contributed by atoms with Gasteiger partial charge in [0, 0.05) is 11.8 Å². The van der Waals surface area contributed by atoms with E-state index in [0.717, 1.165) is 5.69 Å². The van der Waals surface area contributed by atoms with E-state index in [0.29, 0.717) is 36.0 Å². The van der Waals surface area contributed by atoms with Gasteiger partial charge in [-0.1, -0.05) is 12.1 Å². The molecule has 1 amide bonds. The van der Waals surface area contributed by atoms with Gasteiger partial charge in [-0.05, 0) is 31.2 Å². The zero-order valence-corrected chi connectivity index (χ0v) is 13.2. The molecule has 0 unspecified atom stereocenters. The molecule has 0 saturated heterocycles. The molecule has 0 saturated carbocycles. The van der Waals surface area contributed by atoms with Crippen LogP contribution >= 0.6 is 0 Å². The van der Waals surface area contributed by atoms with Crippen molar-refractivity contribution in [2.45, 2.75) is 13.0 Å². The maximum absolute atomic E-state index is 12.3. The topological polar surface area (TPSA) is 83.4 Å². The summed E-state index contributed by atoms with van der Waals surface area (Å²) in [7, 11) is 0. The maximum Gasteiger partial charge on any atom is 0.246 e. The number of anilines is 2. The van der Waals surface area contributed by atoms with Gasteiger partial charge in [-0.25, -0.2) is 0 Å². The van der Waals surface area contributed by atoms with Crippen LogP contribution in [0.15, 0.2) is 42.5 Å². The predicted molar refractivity (Wildman–Crippen MR) is 90.3 cm³/mol. The Balaban J connectivity index is 1.67. The lowest BCUT2D eigenvalue weighted by Gasteiger charge is -2.20. The van der Waals surface area contributed by atoms with E-state index in [1.165, 1.54) is 0 Å². The minimum absolute atomic E-state index is 0.229.